The summed E-state index contributed by atoms with van der Waals surface area (Å²) in [5.74, 6) is -1.37. The molecule has 6 heteroatoms. The molecular formula is C29H29NO5. The average molecular weight is 472 g/mol. The normalized spacial score (nSPS) is 17.6. The van der Waals surface area contributed by atoms with E-state index in [1.165, 1.54) is 24.1 Å². The van der Waals surface area contributed by atoms with Crippen molar-refractivity contribution in [2.24, 2.45) is 0 Å². The van der Waals surface area contributed by atoms with Gasteiger partial charge in [-0.25, -0.2) is 0 Å². The van der Waals surface area contributed by atoms with Crippen molar-refractivity contribution in [1.29, 1.82) is 0 Å². The quantitative estimate of drug-likeness (QED) is 0.292. The van der Waals surface area contributed by atoms with Gasteiger partial charge in [0.15, 0.2) is 0 Å². The molecule has 1 aliphatic rings. The van der Waals surface area contributed by atoms with Gasteiger partial charge >= 0.3 is 0 Å². The van der Waals surface area contributed by atoms with Gasteiger partial charge in [-0.3, -0.25) is 14.5 Å². The number of carbonyl (C=O) groups excluding carboxylic acids is 2. The third kappa shape index (κ3) is 4.28. The van der Waals surface area contributed by atoms with E-state index < -0.39 is 17.7 Å². The Morgan fingerprint density at radius 3 is 2.23 bits per heavy atom. The van der Waals surface area contributed by atoms with Crippen LogP contribution in [0.5, 0.6) is 11.5 Å². The number of para-hydroxylation sites is 1. The molecule has 3 aromatic carbocycles. The molecular weight excluding hydrogens is 442 g/mol. The molecule has 1 aliphatic heterocycles. The van der Waals surface area contributed by atoms with Crippen LogP contribution in [-0.2, 0) is 15.0 Å². The number of phenolic OH excluding ortho intramolecular Hbond substituents is 1. The Morgan fingerprint density at radius 2 is 1.63 bits per heavy atom. The summed E-state index contributed by atoms with van der Waals surface area (Å²) in [7, 11) is 1.49. The standard InChI is InChI=1S/C29H29NO5/c1-17-8-6-7-9-22(17)30-25(18-10-13-20(31)14-11-18)24(27(33)28(30)34)26(32)21-16-19(29(2,3)4)12-15-23(21)35-5/h6-16,25,31-32H,1-5H3/b26-24+. The summed E-state index contributed by atoms with van der Waals surface area (Å²) in [5, 5.41) is 21.4. The largest absolute Gasteiger partial charge is 0.508 e. The number of hydrogen-bond donors (Lipinski definition) is 2. The van der Waals surface area contributed by atoms with E-state index in [2.05, 4.69) is 0 Å². The first-order chi connectivity index (χ1) is 16.5. The van der Waals surface area contributed by atoms with Crippen molar-refractivity contribution < 1.29 is 24.5 Å². The van der Waals surface area contributed by atoms with E-state index in [4.69, 9.17) is 4.74 Å². The van der Waals surface area contributed by atoms with Gasteiger partial charge in [-0.2, -0.15) is 0 Å². The molecule has 0 aromatic heterocycles. The van der Waals surface area contributed by atoms with Crippen molar-refractivity contribution in [2.75, 3.05) is 12.0 Å². The maximum Gasteiger partial charge on any atom is 0.300 e. The lowest BCUT2D eigenvalue weighted by atomic mass is 9.85. The summed E-state index contributed by atoms with van der Waals surface area (Å²) >= 11 is 0. The highest BCUT2D eigenvalue weighted by Gasteiger charge is 2.47. The lowest BCUT2D eigenvalue weighted by molar-refractivity contribution is -0.132. The van der Waals surface area contributed by atoms with Crippen LogP contribution in [0.3, 0.4) is 0 Å². The smallest absolute Gasteiger partial charge is 0.300 e. The van der Waals surface area contributed by atoms with Crippen LogP contribution >= 0.6 is 0 Å². The van der Waals surface area contributed by atoms with Crippen LogP contribution in [0.2, 0.25) is 0 Å². The van der Waals surface area contributed by atoms with Crippen molar-refractivity contribution in [3.8, 4) is 11.5 Å². The number of rotatable bonds is 4. The van der Waals surface area contributed by atoms with Gasteiger partial charge in [0.1, 0.15) is 17.3 Å². The van der Waals surface area contributed by atoms with Crippen LogP contribution < -0.4 is 9.64 Å². The second kappa shape index (κ2) is 8.95. The molecule has 2 N–H and O–H groups in total. The van der Waals surface area contributed by atoms with E-state index in [9.17, 15) is 19.8 Å². The van der Waals surface area contributed by atoms with Gasteiger partial charge in [-0.05, 0) is 59.4 Å². The van der Waals surface area contributed by atoms with Gasteiger partial charge in [0.2, 0.25) is 0 Å². The first kappa shape index (κ1) is 24.1. The third-order valence-electron chi connectivity index (χ3n) is 6.35. The van der Waals surface area contributed by atoms with E-state index >= 15 is 0 Å². The molecule has 1 heterocycles. The fourth-order valence-corrected chi connectivity index (χ4v) is 4.39. The minimum atomic E-state index is -0.889. The molecule has 0 spiro atoms. The number of benzene rings is 3. The predicted molar refractivity (Wildman–Crippen MR) is 136 cm³/mol. The Balaban J connectivity index is 2.01. The number of aliphatic hydroxyl groups is 1. The molecule has 1 fully saturated rings. The number of anilines is 1. The molecule has 35 heavy (non-hydrogen) atoms. The molecule has 6 nitrogen and oxygen atoms in total. The minimum absolute atomic E-state index is 0.0340. The zero-order valence-corrected chi connectivity index (χ0v) is 20.5. The first-order valence-electron chi connectivity index (χ1n) is 11.4. The molecule has 4 rings (SSSR count). The second-order valence-corrected chi connectivity index (χ2v) is 9.71. The van der Waals surface area contributed by atoms with Crippen LogP contribution in [0.25, 0.3) is 5.76 Å². The van der Waals surface area contributed by atoms with Crippen molar-refractivity contribution in [1.82, 2.24) is 0 Å². The molecule has 3 aromatic rings. The average Bonchev–Trinajstić information content (AvgIpc) is 3.08. The molecule has 1 saturated heterocycles. The number of aryl methyl sites for hydroxylation is 1. The van der Waals surface area contributed by atoms with Crippen LogP contribution in [-0.4, -0.2) is 29.0 Å². The van der Waals surface area contributed by atoms with Gasteiger partial charge in [0.25, 0.3) is 11.7 Å². The number of methoxy groups -OCH3 is 1. The van der Waals surface area contributed by atoms with Crippen LogP contribution in [0.1, 0.15) is 49.1 Å². The van der Waals surface area contributed by atoms with E-state index in [1.54, 1.807) is 36.4 Å². The summed E-state index contributed by atoms with van der Waals surface area (Å²) in [4.78, 5) is 28.2. The number of hydrogen-bond acceptors (Lipinski definition) is 5. The summed E-state index contributed by atoms with van der Waals surface area (Å²) in [6.07, 6.45) is 0. The monoisotopic (exact) mass is 471 g/mol. The van der Waals surface area contributed by atoms with E-state index in [1.807, 2.05) is 45.9 Å². The van der Waals surface area contributed by atoms with Gasteiger partial charge in [0, 0.05) is 5.69 Å². The van der Waals surface area contributed by atoms with Crippen LogP contribution in [0, 0.1) is 6.92 Å². The Bertz CT molecular complexity index is 1330. The number of aliphatic hydroxyl groups excluding tert-OH is 1. The zero-order valence-electron chi connectivity index (χ0n) is 20.5. The van der Waals surface area contributed by atoms with Gasteiger partial charge < -0.3 is 14.9 Å². The Morgan fingerprint density at radius 1 is 0.971 bits per heavy atom. The van der Waals surface area contributed by atoms with E-state index in [0.29, 0.717) is 22.6 Å². The summed E-state index contributed by atoms with van der Waals surface area (Å²) < 4.78 is 5.51. The lowest BCUT2D eigenvalue weighted by Crippen LogP contribution is -2.30. The lowest BCUT2D eigenvalue weighted by Gasteiger charge is -2.27. The van der Waals surface area contributed by atoms with Crippen molar-refractivity contribution >= 4 is 23.1 Å². The third-order valence-corrected chi connectivity index (χ3v) is 6.35. The van der Waals surface area contributed by atoms with Crippen molar-refractivity contribution in [3.63, 3.8) is 0 Å². The number of nitrogens with zero attached hydrogens (tertiary/aromatic N) is 1. The Labute approximate surface area is 205 Å². The van der Waals surface area contributed by atoms with Crippen LogP contribution in [0.15, 0.2) is 72.3 Å². The summed E-state index contributed by atoms with van der Waals surface area (Å²) in [6.45, 7) is 8.00. The highest BCUT2D eigenvalue weighted by Crippen LogP contribution is 2.44. The number of amides is 1. The molecule has 180 valence electrons. The SMILES string of the molecule is COc1ccc(C(C)(C)C)cc1/C(O)=C1\C(=O)C(=O)N(c2ccccc2C)C1c1ccc(O)cc1. The predicted octanol–water partition coefficient (Wildman–Crippen LogP) is 5.63. The number of phenols is 1. The first-order valence-corrected chi connectivity index (χ1v) is 11.4. The summed E-state index contributed by atoms with van der Waals surface area (Å²) in [5.41, 5.74) is 2.99. The maximum absolute atomic E-state index is 13.4. The van der Waals surface area contributed by atoms with E-state index in [0.717, 1.165) is 11.1 Å². The minimum Gasteiger partial charge on any atom is -0.508 e. The molecule has 0 saturated carbocycles. The highest BCUT2D eigenvalue weighted by molar-refractivity contribution is 6.51. The summed E-state index contributed by atoms with van der Waals surface area (Å²) in [6, 6.07) is 18.1. The number of carbonyl (C=O) groups is 2. The Hall–Kier alpha value is -4.06. The van der Waals surface area contributed by atoms with Gasteiger partial charge in [-0.1, -0.05) is 57.2 Å². The van der Waals surface area contributed by atoms with E-state index in [-0.39, 0.29) is 22.5 Å². The molecule has 1 amide bonds. The number of Topliss-reactive ketones (excluding diaryl/α,β-unsaturated/α-hetero) is 1. The number of ketones is 1. The number of ether oxygens (including phenoxy) is 1. The van der Waals surface area contributed by atoms with Crippen molar-refractivity contribution in [2.45, 2.75) is 39.2 Å². The molecule has 0 aliphatic carbocycles. The second-order valence-electron chi connectivity index (χ2n) is 9.71. The fourth-order valence-electron chi connectivity index (χ4n) is 4.39. The maximum atomic E-state index is 13.4. The molecule has 1 unspecified atom stereocenters. The fraction of sp³-hybridized carbons (Fsp3) is 0.241. The molecule has 1 atom stereocenters. The van der Waals surface area contributed by atoms with Crippen LogP contribution in [0.4, 0.5) is 5.69 Å². The van der Waals surface area contributed by atoms with Gasteiger partial charge in [0.05, 0.1) is 24.3 Å². The molecule has 0 bridgehead atoms. The zero-order chi connectivity index (χ0) is 25.5. The van der Waals surface area contributed by atoms with Crippen molar-refractivity contribution in [3.05, 3.63) is 94.6 Å². The molecule has 0 radical (unpaired) electrons. The van der Waals surface area contributed by atoms with Gasteiger partial charge in [-0.15, -0.1) is 0 Å². The topological polar surface area (TPSA) is 87.1 Å². The highest BCUT2D eigenvalue weighted by atomic mass is 16.5. The Kier molecular flexibility index (Phi) is 6.15. The number of aromatic hydroxyl groups is 1.